The summed E-state index contributed by atoms with van der Waals surface area (Å²) in [6, 6.07) is 18.7. The number of hydrogen-bond acceptors (Lipinski definition) is 4. The molecule has 5 rings (SSSR count). The first kappa shape index (κ1) is 18.2. The second-order valence-electron chi connectivity index (χ2n) is 7.49. The van der Waals surface area contributed by atoms with Crippen molar-refractivity contribution in [1.29, 1.82) is 0 Å². The second kappa shape index (κ2) is 7.55. The van der Waals surface area contributed by atoms with Gasteiger partial charge in [-0.3, -0.25) is 14.9 Å². The predicted octanol–water partition coefficient (Wildman–Crippen LogP) is 4.04. The zero-order chi connectivity index (χ0) is 20.5. The first-order valence-electron chi connectivity index (χ1n) is 9.99. The number of benzene rings is 2. The van der Waals surface area contributed by atoms with E-state index in [0.717, 1.165) is 34.6 Å². The minimum atomic E-state index is -0.0975. The molecule has 2 aromatic carbocycles. The maximum atomic E-state index is 12.9. The highest BCUT2D eigenvalue weighted by atomic mass is 16.2. The molecule has 1 N–H and O–H groups in total. The molecule has 2 aromatic heterocycles. The second-order valence-corrected chi connectivity index (χ2v) is 7.49. The van der Waals surface area contributed by atoms with Crippen molar-refractivity contribution in [3.63, 3.8) is 0 Å². The Morgan fingerprint density at radius 1 is 0.933 bits per heavy atom. The highest BCUT2D eigenvalue weighted by molar-refractivity contribution is 5.92. The Bertz CT molecular complexity index is 1180. The fourth-order valence-electron chi connectivity index (χ4n) is 3.82. The molecule has 1 amide bonds. The summed E-state index contributed by atoms with van der Waals surface area (Å²) in [5, 5.41) is 7.72. The summed E-state index contributed by atoms with van der Waals surface area (Å²) in [4.78, 5) is 23.1. The lowest BCUT2D eigenvalue weighted by Gasteiger charge is -2.26. The summed E-state index contributed by atoms with van der Waals surface area (Å²) < 4.78 is 0. The molecule has 30 heavy (non-hydrogen) atoms. The Morgan fingerprint density at radius 2 is 1.67 bits per heavy atom. The van der Waals surface area contributed by atoms with Crippen LogP contribution >= 0.6 is 0 Å². The largest absolute Gasteiger partial charge is 0.332 e. The molecule has 0 saturated heterocycles. The fourth-order valence-corrected chi connectivity index (χ4v) is 3.82. The summed E-state index contributed by atoms with van der Waals surface area (Å²) >= 11 is 0. The van der Waals surface area contributed by atoms with Gasteiger partial charge in [-0.1, -0.05) is 54.6 Å². The minimum Gasteiger partial charge on any atom is -0.332 e. The number of fused-ring (bicyclic) bond motifs is 1. The number of nitrogens with zero attached hydrogens (tertiary/aromatic N) is 4. The molecule has 1 aliphatic heterocycles. The standard InChI is InChI=1S/C24H21N5O/c1-16-13-26-22(14-25-16)24(30)29-12-11-21-20(15-29)23(28-27-21)19-9-7-18(8-10-19)17-5-3-2-4-6-17/h2-10,13-14H,11-12,15H2,1H3,(H,27,28). The van der Waals surface area contributed by atoms with E-state index in [-0.39, 0.29) is 5.91 Å². The molecule has 0 saturated carbocycles. The SMILES string of the molecule is Cc1cnc(C(=O)N2CCc3[nH]nc(-c4ccc(-c5ccccc5)cc4)c3C2)cn1. The lowest BCUT2D eigenvalue weighted by Crippen LogP contribution is -2.36. The summed E-state index contributed by atoms with van der Waals surface area (Å²) in [6.45, 7) is 3.00. The van der Waals surface area contributed by atoms with Gasteiger partial charge in [-0.2, -0.15) is 5.10 Å². The summed E-state index contributed by atoms with van der Waals surface area (Å²) in [5.41, 5.74) is 7.62. The molecule has 0 bridgehead atoms. The Hall–Kier alpha value is -3.80. The molecule has 0 spiro atoms. The van der Waals surface area contributed by atoms with E-state index in [2.05, 4.69) is 56.6 Å². The first-order valence-corrected chi connectivity index (χ1v) is 9.99. The third kappa shape index (κ3) is 3.37. The van der Waals surface area contributed by atoms with Crippen molar-refractivity contribution >= 4 is 5.91 Å². The van der Waals surface area contributed by atoms with Gasteiger partial charge in [0, 0.05) is 36.0 Å². The predicted molar refractivity (Wildman–Crippen MR) is 115 cm³/mol. The zero-order valence-corrected chi connectivity index (χ0v) is 16.7. The topological polar surface area (TPSA) is 74.8 Å². The van der Waals surface area contributed by atoms with Crippen molar-refractivity contribution in [3.05, 3.63) is 89.6 Å². The third-order valence-electron chi connectivity index (χ3n) is 5.49. The van der Waals surface area contributed by atoms with Gasteiger partial charge in [0.1, 0.15) is 5.69 Å². The summed E-state index contributed by atoms with van der Waals surface area (Å²) in [5.74, 6) is -0.0975. The quantitative estimate of drug-likeness (QED) is 0.568. The van der Waals surface area contributed by atoms with Crippen LogP contribution in [0.2, 0.25) is 0 Å². The van der Waals surface area contributed by atoms with Crippen LogP contribution in [0.25, 0.3) is 22.4 Å². The van der Waals surface area contributed by atoms with E-state index in [4.69, 9.17) is 0 Å². The number of hydrogen-bond donors (Lipinski definition) is 1. The molecule has 148 valence electrons. The minimum absolute atomic E-state index is 0.0975. The normalized spacial score (nSPS) is 13.2. The van der Waals surface area contributed by atoms with Gasteiger partial charge in [0.2, 0.25) is 0 Å². The number of aromatic amines is 1. The smallest absolute Gasteiger partial charge is 0.274 e. The highest BCUT2D eigenvalue weighted by Crippen LogP contribution is 2.30. The average molecular weight is 395 g/mol. The Kier molecular flexibility index (Phi) is 4.59. The van der Waals surface area contributed by atoms with Gasteiger partial charge < -0.3 is 4.90 Å². The van der Waals surface area contributed by atoms with Gasteiger partial charge in [0.15, 0.2) is 0 Å². The van der Waals surface area contributed by atoms with Crippen LogP contribution in [0.4, 0.5) is 0 Å². The van der Waals surface area contributed by atoms with E-state index >= 15 is 0 Å². The van der Waals surface area contributed by atoms with Crippen molar-refractivity contribution in [1.82, 2.24) is 25.1 Å². The molecule has 0 fully saturated rings. The number of rotatable bonds is 3. The zero-order valence-electron chi connectivity index (χ0n) is 16.7. The van der Waals surface area contributed by atoms with E-state index in [1.807, 2.05) is 30.0 Å². The van der Waals surface area contributed by atoms with Crippen LogP contribution in [-0.2, 0) is 13.0 Å². The summed E-state index contributed by atoms with van der Waals surface area (Å²) in [7, 11) is 0. The molecule has 3 heterocycles. The molecular formula is C24H21N5O. The molecule has 1 aliphatic rings. The molecule has 0 aliphatic carbocycles. The van der Waals surface area contributed by atoms with Gasteiger partial charge in [0.05, 0.1) is 24.1 Å². The number of nitrogens with one attached hydrogen (secondary N) is 1. The molecule has 6 nitrogen and oxygen atoms in total. The molecular weight excluding hydrogens is 374 g/mol. The van der Waals surface area contributed by atoms with E-state index in [1.165, 1.54) is 11.1 Å². The van der Waals surface area contributed by atoms with Gasteiger partial charge >= 0.3 is 0 Å². The number of aromatic nitrogens is 4. The Balaban J connectivity index is 1.40. The fraction of sp³-hybridized carbons (Fsp3) is 0.167. The van der Waals surface area contributed by atoms with Crippen LogP contribution in [0.1, 0.15) is 27.4 Å². The number of carbonyl (C=O) groups is 1. The molecule has 0 radical (unpaired) electrons. The molecule has 0 unspecified atom stereocenters. The van der Waals surface area contributed by atoms with Crippen molar-refractivity contribution in [2.24, 2.45) is 0 Å². The lowest BCUT2D eigenvalue weighted by atomic mass is 9.98. The van der Waals surface area contributed by atoms with E-state index in [0.29, 0.717) is 18.8 Å². The maximum absolute atomic E-state index is 12.9. The number of carbonyl (C=O) groups excluding carboxylic acids is 1. The number of amides is 1. The van der Waals surface area contributed by atoms with Crippen molar-refractivity contribution in [3.8, 4) is 22.4 Å². The molecule has 6 heteroatoms. The summed E-state index contributed by atoms with van der Waals surface area (Å²) in [6.07, 6.45) is 3.92. The van der Waals surface area contributed by atoms with Crippen LogP contribution < -0.4 is 0 Å². The number of aryl methyl sites for hydroxylation is 1. The van der Waals surface area contributed by atoms with E-state index in [1.54, 1.807) is 12.4 Å². The van der Waals surface area contributed by atoms with Crippen LogP contribution in [0.5, 0.6) is 0 Å². The highest BCUT2D eigenvalue weighted by Gasteiger charge is 2.27. The maximum Gasteiger partial charge on any atom is 0.274 e. The van der Waals surface area contributed by atoms with Crippen LogP contribution in [0, 0.1) is 6.92 Å². The lowest BCUT2D eigenvalue weighted by molar-refractivity contribution is 0.0728. The van der Waals surface area contributed by atoms with Gasteiger partial charge in [0.25, 0.3) is 5.91 Å². The third-order valence-corrected chi connectivity index (χ3v) is 5.49. The van der Waals surface area contributed by atoms with Crippen molar-refractivity contribution in [2.75, 3.05) is 6.54 Å². The van der Waals surface area contributed by atoms with Gasteiger partial charge in [-0.05, 0) is 18.1 Å². The monoisotopic (exact) mass is 395 g/mol. The van der Waals surface area contributed by atoms with Crippen LogP contribution in [0.15, 0.2) is 67.0 Å². The van der Waals surface area contributed by atoms with Crippen LogP contribution in [-0.4, -0.2) is 37.5 Å². The van der Waals surface area contributed by atoms with Gasteiger partial charge in [-0.25, -0.2) is 4.98 Å². The Labute approximate surface area is 174 Å². The first-order chi connectivity index (χ1) is 14.7. The van der Waals surface area contributed by atoms with Crippen molar-refractivity contribution < 1.29 is 4.79 Å². The van der Waals surface area contributed by atoms with E-state index < -0.39 is 0 Å². The van der Waals surface area contributed by atoms with E-state index in [9.17, 15) is 4.79 Å². The van der Waals surface area contributed by atoms with Crippen molar-refractivity contribution in [2.45, 2.75) is 19.9 Å². The van der Waals surface area contributed by atoms with Gasteiger partial charge in [-0.15, -0.1) is 0 Å². The average Bonchev–Trinajstić information content (AvgIpc) is 3.23. The molecule has 0 atom stereocenters. The van der Waals surface area contributed by atoms with Crippen LogP contribution in [0.3, 0.4) is 0 Å². The number of H-pyrrole nitrogens is 1. The molecule has 4 aromatic rings. The Morgan fingerprint density at radius 3 is 2.40 bits per heavy atom.